The monoisotopic (exact) mass is 495 g/mol. The highest BCUT2D eigenvalue weighted by molar-refractivity contribution is 6.51. The number of benzene rings is 3. The van der Waals surface area contributed by atoms with Crippen LogP contribution in [0.25, 0.3) is 5.76 Å². The number of hydrogen-bond donors (Lipinski definition) is 2. The van der Waals surface area contributed by atoms with Crippen molar-refractivity contribution >= 4 is 34.7 Å². The van der Waals surface area contributed by atoms with Gasteiger partial charge in [-0.3, -0.25) is 14.5 Å². The van der Waals surface area contributed by atoms with Crippen LogP contribution in [-0.2, 0) is 9.59 Å². The largest absolute Gasteiger partial charge is 0.507 e. The van der Waals surface area contributed by atoms with Gasteiger partial charge < -0.3 is 24.4 Å². The highest BCUT2D eigenvalue weighted by Gasteiger charge is 2.47. The van der Waals surface area contributed by atoms with Gasteiger partial charge in [-0.25, -0.2) is 0 Å². The molecule has 0 spiro atoms. The average molecular weight is 496 g/mol. The topological polar surface area (TPSA) is 106 Å². The molecule has 1 unspecified atom stereocenters. The van der Waals surface area contributed by atoms with Gasteiger partial charge in [0.15, 0.2) is 23.0 Å². The molecule has 0 aromatic heterocycles. The molecule has 1 heterocycles. The fourth-order valence-corrected chi connectivity index (χ4v) is 4.16. The minimum Gasteiger partial charge on any atom is -0.507 e. The van der Waals surface area contributed by atoms with Gasteiger partial charge in [0.2, 0.25) is 0 Å². The number of Topliss-reactive ketones (excluding diaryl/α,β-unsaturated/α-hetero) is 1. The van der Waals surface area contributed by atoms with Crippen LogP contribution in [0.15, 0.2) is 66.2 Å². The van der Waals surface area contributed by atoms with E-state index in [1.54, 1.807) is 42.5 Å². The zero-order valence-electron chi connectivity index (χ0n) is 19.1. The number of methoxy groups -OCH3 is 3. The summed E-state index contributed by atoms with van der Waals surface area (Å²) < 4.78 is 15.7. The van der Waals surface area contributed by atoms with Crippen LogP contribution in [0.4, 0.5) is 5.69 Å². The Hall–Kier alpha value is -4.17. The molecule has 9 heteroatoms. The fourth-order valence-electron chi connectivity index (χ4n) is 4.03. The number of phenols is 1. The maximum atomic E-state index is 13.3. The Balaban J connectivity index is 1.95. The molecule has 2 N–H and O–H groups in total. The number of aromatic hydroxyl groups is 1. The van der Waals surface area contributed by atoms with Crippen molar-refractivity contribution in [1.29, 1.82) is 0 Å². The summed E-state index contributed by atoms with van der Waals surface area (Å²) in [6.07, 6.45) is 0. The molecule has 1 amide bonds. The van der Waals surface area contributed by atoms with Crippen LogP contribution in [0.3, 0.4) is 0 Å². The van der Waals surface area contributed by atoms with E-state index in [0.29, 0.717) is 27.8 Å². The Bertz CT molecular complexity index is 1330. The molecule has 1 atom stereocenters. The number of carbonyl (C=O) groups is 2. The Morgan fingerprint density at radius 2 is 1.49 bits per heavy atom. The Labute approximate surface area is 206 Å². The second-order valence-electron chi connectivity index (χ2n) is 7.65. The molecular formula is C26H22ClNO7. The van der Waals surface area contributed by atoms with Crippen LogP contribution in [0.1, 0.15) is 17.2 Å². The van der Waals surface area contributed by atoms with Gasteiger partial charge in [-0.2, -0.15) is 0 Å². The normalized spacial score (nSPS) is 16.9. The van der Waals surface area contributed by atoms with Gasteiger partial charge in [0, 0.05) is 16.3 Å². The molecule has 8 nitrogen and oxygen atoms in total. The fraction of sp³-hybridized carbons (Fsp3) is 0.154. The van der Waals surface area contributed by atoms with Gasteiger partial charge in [-0.15, -0.1) is 0 Å². The minimum atomic E-state index is -1.04. The highest BCUT2D eigenvalue weighted by atomic mass is 35.5. The number of hydrogen-bond acceptors (Lipinski definition) is 7. The molecule has 180 valence electrons. The van der Waals surface area contributed by atoms with Crippen molar-refractivity contribution in [1.82, 2.24) is 0 Å². The van der Waals surface area contributed by atoms with Gasteiger partial charge >= 0.3 is 0 Å². The van der Waals surface area contributed by atoms with E-state index in [1.165, 1.54) is 44.4 Å². The van der Waals surface area contributed by atoms with Crippen LogP contribution in [0.2, 0.25) is 5.02 Å². The zero-order valence-corrected chi connectivity index (χ0v) is 19.9. The first kappa shape index (κ1) is 24.0. The standard InChI is InChI=1S/C26H22ClNO7/c1-33-19-10-4-14(12-18(19)29)23-22(24(30)15-5-11-20(34-2)21(13-15)35-3)25(31)26(32)28(23)17-8-6-16(27)7-9-17/h4-13,23,29-30H,1-3H3/b24-22-. The number of aliphatic hydroxyl groups is 1. The predicted molar refractivity (Wildman–Crippen MR) is 130 cm³/mol. The third-order valence-corrected chi connectivity index (χ3v) is 5.98. The number of nitrogens with zero attached hydrogens (tertiary/aromatic N) is 1. The molecule has 1 saturated heterocycles. The molecule has 35 heavy (non-hydrogen) atoms. The number of carbonyl (C=O) groups excluding carboxylic acids is 2. The number of rotatable bonds is 6. The second kappa shape index (κ2) is 9.60. The highest BCUT2D eigenvalue weighted by Crippen LogP contribution is 2.44. The summed E-state index contributed by atoms with van der Waals surface area (Å²) in [5, 5.41) is 22.1. The molecule has 0 aliphatic carbocycles. The van der Waals surface area contributed by atoms with E-state index < -0.39 is 23.5 Å². The van der Waals surface area contributed by atoms with E-state index in [0.717, 1.165) is 0 Å². The molecule has 0 saturated carbocycles. The lowest BCUT2D eigenvalue weighted by molar-refractivity contribution is -0.132. The lowest BCUT2D eigenvalue weighted by Gasteiger charge is -2.26. The van der Waals surface area contributed by atoms with E-state index in [4.69, 9.17) is 25.8 Å². The van der Waals surface area contributed by atoms with Gasteiger partial charge in [-0.05, 0) is 60.2 Å². The number of aliphatic hydroxyl groups excluding tert-OH is 1. The molecule has 0 bridgehead atoms. The van der Waals surface area contributed by atoms with Crippen LogP contribution in [-0.4, -0.2) is 43.2 Å². The quantitative estimate of drug-likeness (QED) is 0.290. The molecule has 3 aromatic carbocycles. The third kappa shape index (κ3) is 4.24. The Morgan fingerprint density at radius 1 is 0.857 bits per heavy atom. The van der Waals surface area contributed by atoms with Crippen molar-refractivity contribution < 1.29 is 34.0 Å². The first-order valence-corrected chi connectivity index (χ1v) is 10.8. The number of amides is 1. The maximum Gasteiger partial charge on any atom is 0.300 e. The SMILES string of the molecule is COc1ccc(C2/C(=C(/O)c3ccc(OC)c(OC)c3)C(=O)C(=O)N2c2ccc(Cl)cc2)cc1O. The molecule has 1 aliphatic heterocycles. The second-order valence-corrected chi connectivity index (χ2v) is 8.08. The maximum absolute atomic E-state index is 13.3. The summed E-state index contributed by atoms with van der Waals surface area (Å²) in [4.78, 5) is 27.7. The number of ether oxygens (including phenoxy) is 3. The summed E-state index contributed by atoms with van der Waals surface area (Å²) in [5.74, 6) is -1.32. The van der Waals surface area contributed by atoms with Gasteiger partial charge in [0.25, 0.3) is 11.7 Å². The van der Waals surface area contributed by atoms with Gasteiger partial charge in [0.05, 0.1) is 32.9 Å². The number of halogens is 1. The van der Waals surface area contributed by atoms with E-state index in [2.05, 4.69) is 0 Å². The van der Waals surface area contributed by atoms with Crippen LogP contribution in [0.5, 0.6) is 23.0 Å². The van der Waals surface area contributed by atoms with Crippen LogP contribution < -0.4 is 19.1 Å². The summed E-state index contributed by atoms with van der Waals surface area (Å²) >= 11 is 6.01. The van der Waals surface area contributed by atoms with Gasteiger partial charge in [0.1, 0.15) is 5.76 Å². The lowest BCUT2D eigenvalue weighted by Crippen LogP contribution is -2.29. The summed E-state index contributed by atoms with van der Waals surface area (Å²) in [6.45, 7) is 0. The zero-order chi connectivity index (χ0) is 25.3. The van der Waals surface area contributed by atoms with Crippen molar-refractivity contribution in [3.05, 3.63) is 82.4 Å². The number of anilines is 1. The van der Waals surface area contributed by atoms with Crippen molar-refractivity contribution in [2.45, 2.75) is 6.04 Å². The lowest BCUT2D eigenvalue weighted by atomic mass is 9.94. The van der Waals surface area contributed by atoms with E-state index in [9.17, 15) is 19.8 Å². The number of phenolic OH excluding ortho intramolecular Hbond substituents is 1. The van der Waals surface area contributed by atoms with Crippen molar-refractivity contribution in [3.8, 4) is 23.0 Å². The first-order valence-electron chi connectivity index (χ1n) is 10.5. The molecule has 3 aromatic rings. The molecule has 1 aliphatic rings. The van der Waals surface area contributed by atoms with E-state index in [1.807, 2.05) is 0 Å². The Kier molecular flexibility index (Phi) is 6.57. The van der Waals surface area contributed by atoms with Crippen LogP contribution >= 0.6 is 11.6 Å². The summed E-state index contributed by atoms with van der Waals surface area (Å²) in [5.41, 5.74) is 0.879. The molecule has 1 fully saturated rings. The van der Waals surface area contributed by atoms with Crippen molar-refractivity contribution in [3.63, 3.8) is 0 Å². The smallest absolute Gasteiger partial charge is 0.300 e. The molecular weight excluding hydrogens is 474 g/mol. The molecule has 0 radical (unpaired) electrons. The average Bonchev–Trinajstić information content (AvgIpc) is 3.13. The van der Waals surface area contributed by atoms with Crippen molar-refractivity contribution in [2.75, 3.05) is 26.2 Å². The minimum absolute atomic E-state index is 0.151. The van der Waals surface area contributed by atoms with E-state index in [-0.39, 0.29) is 22.6 Å². The third-order valence-electron chi connectivity index (χ3n) is 5.72. The first-order chi connectivity index (χ1) is 16.8. The van der Waals surface area contributed by atoms with E-state index >= 15 is 0 Å². The Morgan fingerprint density at radius 3 is 2.09 bits per heavy atom. The predicted octanol–water partition coefficient (Wildman–Crippen LogP) is 4.70. The van der Waals surface area contributed by atoms with Gasteiger partial charge in [-0.1, -0.05) is 17.7 Å². The summed E-state index contributed by atoms with van der Waals surface area (Å²) in [7, 11) is 4.33. The van der Waals surface area contributed by atoms with Crippen molar-refractivity contribution in [2.24, 2.45) is 0 Å². The van der Waals surface area contributed by atoms with Crippen LogP contribution in [0, 0.1) is 0 Å². The summed E-state index contributed by atoms with van der Waals surface area (Å²) in [6, 6.07) is 14.5. The number of ketones is 1. The molecule has 4 rings (SSSR count).